The van der Waals surface area contributed by atoms with Crippen LogP contribution in [0, 0.1) is 0 Å². The number of benzene rings is 1. The van der Waals surface area contributed by atoms with Crippen LogP contribution in [-0.2, 0) is 19.9 Å². The van der Waals surface area contributed by atoms with Gasteiger partial charge in [0.05, 0.1) is 16.2 Å². The third-order valence-corrected chi connectivity index (χ3v) is 4.19. The first-order valence-electron chi connectivity index (χ1n) is 5.32. The second-order valence-electron chi connectivity index (χ2n) is 4.11. The summed E-state index contributed by atoms with van der Waals surface area (Å²) in [6.45, 7) is 0.00777. The standard InChI is InChI=1S/C10H14N2O6S2/c1-19(15,16)5-4-12-9-3-2-7(20(11,17)18)6-8(9)10(13)14/h2-3,6,12H,4-5H2,1H3,(H,13,14)(H2,11,17,18). The van der Waals surface area contributed by atoms with E-state index >= 15 is 0 Å². The van der Waals surface area contributed by atoms with Crippen LogP contribution in [0.1, 0.15) is 10.4 Å². The molecule has 0 aliphatic rings. The van der Waals surface area contributed by atoms with E-state index in [2.05, 4.69) is 5.32 Å². The van der Waals surface area contributed by atoms with Crippen LogP contribution in [0.25, 0.3) is 0 Å². The molecule has 10 heteroatoms. The molecule has 0 unspecified atom stereocenters. The number of aromatic carboxylic acids is 1. The molecule has 112 valence electrons. The predicted octanol–water partition coefficient (Wildman–Crippen LogP) is -0.511. The number of carboxylic acid groups (broad SMARTS) is 1. The molecule has 0 atom stereocenters. The SMILES string of the molecule is CS(=O)(=O)CCNc1ccc(S(N)(=O)=O)cc1C(=O)O. The highest BCUT2D eigenvalue weighted by Crippen LogP contribution is 2.19. The molecule has 0 saturated heterocycles. The maximum atomic E-state index is 11.1. The molecule has 0 heterocycles. The molecule has 0 radical (unpaired) electrons. The fraction of sp³-hybridized carbons (Fsp3) is 0.300. The quantitative estimate of drug-likeness (QED) is 0.639. The van der Waals surface area contributed by atoms with Gasteiger partial charge in [-0.05, 0) is 18.2 Å². The third kappa shape index (κ3) is 4.79. The van der Waals surface area contributed by atoms with Crippen LogP contribution in [0.15, 0.2) is 23.1 Å². The Bertz CT molecular complexity index is 724. The Morgan fingerprint density at radius 2 is 1.90 bits per heavy atom. The van der Waals surface area contributed by atoms with Gasteiger partial charge in [0, 0.05) is 18.5 Å². The lowest BCUT2D eigenvalue weighted by Gasteiger charge is -2.10. The van der Waals surface area contributed by atoms with Gasteiger partial charge in [0.2, 0.25) is 10.0 Å². The molecule has 8 nitrogen and oxygen atoms in total. The molecule has 0 fully saturated rings. The largest absolute Gasteiger partial charge is 0.478 e. The highest BCUT2D eigenvalue weighted by atomic mass is 32.2. The van der Waals surface area contributed by atoms with Crippen LogP contribution in [0.2, 0.25) is 0 Å². The van der Waals surface area contributed by atoms with E-state index in [9.17, 15) is 21.6 Å². The fourth-order valence-corrected chi connectivity index (χ4v) is 2.42. The lowest BCUT2D eigenvalue weighted by Crippen LogP contribution is -2.17. The molecule has 20 heavy (non-hydrogen) atoms. The summed E-state index contributed by atoms with van der Waals surface area (Å²) in [5.41, 5.74) is -0.182. The smallest absolute Gasteiger partial charge is 0.337 e. The zero-order chi connectivity index (χ0) is 15.6. The van der Waals surface area contributed by atoms with Crippen molar-refractivity contribution < 1.29 is 26.7 Å². The normalized spacial score (nSPS) is 12.1. The minimum Gasteiger partial charge on any atom is -0.478 e. The molecule has 0 amide bonds. The molecule has 0 saturated carbocycles. The summed E-state index contributed by atoms with van der Waals surface area (Å²) in [4.78, 5) is 10.7. The number of hydrogen-bond donors (Lipinski definition) is 3. The topological polar surface area (TPSA) is 144 Å². The highest BCUT2D eigenvalue weighted by molar-refractivity contribution is 7.90. The number of nitrogens with one attached hydrogen (secondary N) is 1. The van der Waals surface area contributed by atoms with E-state index in [0.29, 0.717) is 0 Å². The second kappa shape index (κ2) is 5.77. The summed E-state index contributed by atoms with van der Waals surface area (Å²) < 4.78 is 44.2. The molecule has 0 aliphatic carbocycles. The Balaban J connectivity index is 3.06. The number of carboxylic acids is 1. The molecular formula is C10H14N2O6S2. The van der Waals surface area contributed by atoms with Gasteiger partial charge in [-0.25, -0.2) is 26.8 Å². The van der Waals surface area contributed by atoms with Crippen molar-refractivity contribution in [3.63, 3.8) is 0 Å². The third-order valence-electron chi connectivity index (χ3n) is 2.34. The van der Waals surface area contributed by atoms with E-state index in [-0.39, 0.29) is 28.4 Å². The van der Waals surface area contributed by atoms with Gasteiger partial charge in [-0.1, -0.05) is 0 Å². The van der Waals surface area contributed by atoms with E-state index in [1.54, 1.807) is 0 Å². The van der Waals surface area contributed by atoms with Gasteiger partial charge in [-0.15, -0.1) is 0 Å². The van der Waals surface area contributed by atoms with E-state index < -0.39 is 25.8 Å². The van der Waals surface area contributed by atoms with Crippen LogP contribution in [0.3, 0.4) is 0 Å². The van der Waals surface area contributed by atoms with Crippen LogP contribution in [0.5, 0.6) is 0 Å². The van der Waals surface area contributed by atoms with Gasteiger partial charge in [0.15, 0.2) is 0 Å². The molecule has 0 bridgehead atoms. The summed E-state index contributed by atoms with van der Waals surface area (Å²) in [6, 6.07) is 3.29. The summed E-state index contributed by atoms with van der Waals surface area (Å²) >= 11 is 0. The van der Waals surface area contributed by atoms with Gasteiger partial charge in [0.1, 0.15) is 9.84 Å². The Labute approximate surface area is 116 Å². The van der Waals surface area contributed by atoms with Crippen molar-refractivity contribution in [3.05, 3.63) is 23.8 Å². The highest BCUT2D eigenvalue weighted by Gasteiger charge is 2.16. The monoisotopic (exact) mass is 322 g/mol. The average molecular weight is 322 g/mol. The van der Waals surface area contributed by atoms with Crippen LogP contribution >= 0.6 is 0 Å². The number of primary sulfonamides is 1. The lowest BCUT2D eigenvalue weighted by atomic mass is 10.2. The lowest BCUT2D eigenvalue weighted by molar-refractivity contribution is 0.0697. The summed E-state index contributed by atoms with van der Waals surface area (Å²) in [5.74, 6) is -1.53. The first kappa shape index (κ1) is 16.4. The molecule has 1 aromatic carbocycles. The van der Waals surface area contributed by atoms with Crippen molar-refractivity contribution in [2.24, 2.45) is 5.14 Å². The fourth-order valence-electron chi connectivity index (χ4n) is 1.40. The number of sulfonamides is 1. The molecular weight excluding hydrogens is 308 g/mol. The Hall–Kier alpha value is -1.65. The number of hydrogen-bond acceptors (Lipinski definition) is 6. The zero-order valence-corrected chi connectivity index (χ0v) is 12.2. The van der Waals surface area contributed by atoms with Gasteiger partial charge in [-0.3, -0.25) is 0 Å². The van der Waals surface area contributed by atoms with Crippen molar-refractivity contribution in [3.8, 4) is 0 Å². The number of nitrogens with two attached hydrogens (primary N) is 1. The van der Waals surface area contributed by atoms with Gasteiger partial charge in [0.25, 0.3) is 0 Å². The number of sulfone groups is 1. The van der Waals surface area contributed by atoms with Crippen LogP contribution in [0.4, 0.5) is 5.69 Å². The summed E-state index contributed by atoms with van der Waals surface area (Å²) in [6.07, 6.45) is 1.05. The minimum absolute atomic E-state index is 0.00777. The first-order chi connectivity index (χ1) is 9.00. The first-order valence-corrected chi connectivity index (χ1v) is 8.93. The van der Waals surface area contributed by atoms with E-state index in [4.69, 9.17) is 10.2 Å². The Kier molecular flexibility index (Phi) is 4.73. The maximum absolute atomic E-state index is 11.1. The summed E-state index contributed by atoms with van der Waals surface area (Å²) in [5, 5.41) is 16.6. The molecule has 1 rings (SSSR count). The predicted molar refractivity (Wildman–Crippen MR) is 73.0 cm³/mol. The van der Waals surface area contributed by atoms with Gasteiger partial charge in [-0.2, -0.15) is 0 Å². The number of carbonyl (C=O) groups is 1. The van der Waals surface area contributed by atoms with E-state index in [0.717, 1.165) is 18.4 Å². The summed E-state index contributed by atoms with van der Waals surface area (Å²) in [7, 11) is -7.19. The molecule has 4 N–H and O–H groups in total. The van der Waals surface area contributed by atoms with Crippen molar-refractivity contribution in [2.45, 2.75) is 4.90 Å². The Morgan fingerprint density at radius 3 is 2.35 bits per heavy atom. The molecule has 0 aliphatic heterocycles. The molecule has 0 aromatic heterocycles. The van der Waals surface area contributed by atoms with Crippen molar-refractivity contribution >= 4 is 31.5 Å². The zero-order valence-electron chi connectivity index (χ0n) is 10.5. The minimum atomic E-state index is -4.01. The van der Waals surface area contributed by atoms with Crippen molar-refractivity contribution in [1.82, 2.24) is 0 Å². The van der Waals surface area contributed by atoms with Crippen LogP contribution < -0.4 is 10.5 Å². The number of anilines is 1. The van der Waals surface area contributed by atoms with Crippen molar-refractivity contribution in [1.29, 1.82) is 0 Å². The van der Waals surface area contributed by atoms with Gasteiger partial charge < -0.3 is 10.4 Å². The number of rotatable bonds is 6. The van der Waals surface area contributed by atoms with Crippen molar-refractivity contribution in [2.75, 3.05) is 23.9 Å². The second-order valence-corrected chi connectivity index (χ2v) is 7.94. The maximum Gasteiger partial charge on any atom is 0.337 e. The Morgan fingerprint density at radius 1 is 1.30 bits per heavy atom. The van der Waals surface area contributed by atoms with E-state index in [1.807, 2.05) is 0 Å². The average Bonchev–Trinajstić information content (AvgIpc) is 2.25. The molecule has 0 spiro atoms. The van der Waals surface area contributed by atoms with Crippen LogP contribution in [-0.4, -0.2) is 46.5 Å². The van der Waals surface area contributed by atoms with E-state index in [1.165, 1.54) is 6.07 Å². The van der Waals surface area contributed by atoms with Gasteiger partial charge >= 0.3 is 5.97 Å². The molecule has 1 aromatic rings.